The first kappa shape index (κ1) is 24.0. The highest BCUT2D eigenvalue weighted by Gasteiger charge is 2.18. The first-order valence-corrected chi connectivity index (χ1v) is 12.7. The molecule has 0 spiro atoms. The van der Waals surface area contributed by atoms with Crippen LogP contribution in [0.5, 0.6) is 0 Å². The van der Waals surface area contributed by atoms with E-state index >= 15 is 0 Å². The van der Waals surface area contributed by atoms with Crippen molar-refractivity contribution in [1.29, 1.82) is 0 Å². The summed E-state index contributed by atoms with van der Waals surface area (Å²) in [7, 11) is 0. The van der Waals surface area contributed by atoms with Gasteiger partial charge in [0.05, 0.1) is 12.3 Å². The zero-order valence-corrected chi connectivity index (χ0v) is 21.1. The van der Waals surface area contributed by atoms with Gasteiger partial charge in [0.1, 0.15) is 0 Å². The van der Waals surface area contributed by atoms with Gasteiger partial charge in [0.2, 0.25) is 0 Å². The van der Waals surface area contributed by atoms with Crippen LogP contribution in [-0.2, 0) is 18.4 Å². The van der Waals surface area contributed by atoms with Crippen molar-refractivity contribution < 1.29 is 4.79 Å². The molecule has 4 aromatic rings. The van der Waals surface area contributed by atoms with Gasteiger partial charge < -0.3 is 0 Å². The predicted octanol–water partition coefficient (Wildman–Crippen LogP) is 6.83. The normalized spacial score (nSPS) is 11.5. The van der Waals surface area contributed by atoms with Crippen molar-refractivity contribution in [2.75, 3.05) is 5.75 Å². The van der Waals surface area contributed by atoms with E-state index in [1.165, 1.54) is 22.9 Å². The Labute approximate surface area is 206 Å². The van der Waals surface area contributed by atoms with Crippen LogP contribution in [0.15, 0.2) is 84.0 Å². The monoisotopic (exact) mass is 469 g/mol. The maximum absolute atomic E-state index is 12.8. The number of carbonyl (C=O) groups is 1. The first-order chi connectivity index (χ1) is 16.3. The van der Waals surface area contributed by atoms with E-state index in [1.807, 2.05) is 42.5 Å². The molecule has 0 atom stereocenters. The molecule has 0 fully saturated rings. The van der Waals surface area contributed by atoms with Crippen LogP contribution in [0.2, 0.25) is 0 Å². The van der Waals surface area contributed by atoms with Gasteiger partial charge in [0, 0.05) is 11.1 Å². The maximum atomic E-state index is 12.8. The fourth-order valence-electron chi connectivity index (χ4n) is 3.78. The third kappa shape index (κ3) is 5.65. The molecule has 4 nitrogen and oxygen atoms in total. The minimum atomic E-state index is 0.0902. The van der Waals surface area contributed by atoms with Gasteiger partial charge >= 0.3 is 0 Å². The molecule has 0 bridgehead atoms. The van der Waals surface area contributed by atoms with Crippen molar-refractivity contribution in [3.05, 3.63) is 101 Å². The van der Waals surface area contributed by atoms with Crippen LogP contribution in [-0.4, -0.2) is 26.3 Å². The lowest BCUT2D eigenvalue weighted by atomic mass is 9.87. The van der Waals surface area contributed by atoms with Crippen LogP contribution in [0.3, 0.4) is 0 Å². The van der Waals surface area contributed by atoms with Gasteiger partial charge in [0.15, 0.2) is 16.8 Å². The summed E-state index contributed by atoms with van der Waals surface area (Å²) in [5.41, 5.74) is 5.51. The summed E-state index contributed by atoms with van der Waals surface area (Å²) in [6.45, 7) is 9.39. The van der Waals surface area contributed by atoms with Gasteiger partial charge in [0.25, 0.3) is 0 Å². The highest BCUT2D eigenvalue weighted by Crippen LogP contribution is 2.28. The Hall–Kier alpha value is -3.18. The molecule has 4 rings (SSSR count). The van der Waals surface area contributed by atoms with Gasteiger partial charge in [-0.3, -0.25) is 9.36 Å². The van der Waals surface area contributed by atoms with Crippen molar-refractivity contribution in [3.63, 3.8) is 0 Å². The van der Waals surface area contributed by atoms with Crippen LogP contribution in [0.25, 0.3) is 11.4 Å². The largest absolute Gasteiger partial charge is 0.298 e. The predicted molar refractivity (Wildman–Crippen MR) is 141 cm³/mol. The van der Waals surface area contributed by atoms with Crippen LogP contribution in [0.1, 0.15) is 54.7 Å². The van der Waals surface area contributed by atoms with Crippen LogP contribution in [0, 0.1) is 0 Å². The molecular formula is C29H31N3OS. The Balaban J connectivity index is 1.60. The molecule has 34 heavy (non-hydrogen) atoms. The molecule has 1 aromatic heterocycles. The van der Waals surface area contributed by atoms with Crippen LogP contribution < -0.4 is 0 Å². The molecule has 1 heterocycles. The zero-order valence-electron chi connectivity index (χ0n) is 20.3. The van der Waals surface area contributed by atoms with Crippen molar-refractivity contribution in [2.45, 2.75) is 51.2 Å². The number of hydrogen-bond donors (Lipinski definition) is 0. The van der Waals surface area contributed by atoms with E-state index in [9.17, 15) is 4.79 Å². The first-order valence-electron chi connectivity index (χ1n) is 11.7. The molecule has 3 aromatic carbocycles. The van der Waals surface area contributed by atoms with E-state index in [2.05, 4.69) is 78.9 Å². The molecule has 174 valence electrons. The molecule has 0 saturated heterocycles. The molecule has 0 aliphatic heterocycles. The molecule has 0 aliphatic rings. The molecule has 0 radical (unpaired) electrons. The van der Waals surface area contributed by atoms with E-state index < -0.39 is 0 Å². The molecule has 0 N–H and O–H groups in total. The number of nitrogens with zero attached hydrogens (tertiary/aromatic N) is 3. The Bertz CT molecular complexity index is 1240. The van der Waals surface area contributed by atoms with E-state index in [0.29, 0.717) is 12.3 Å². The molecule has 5 heteroatoms. The minimum Gasteiger partial charge on any atom is -0.298 e. The second kappa shape index (κ2) is 10.4. The number of benzene rings is 3. The summed E-state index contributed by atoms with van der Waals surface area (Å²) >= 11 is 1.44. The number of thioether (sulfide) groups is 1. The second-order valence-corrected chi connectivity index (χ2v) is 10.4. The smallest absolute Gasteiger partial charge is 0.192 e. The van der Waals surface area contributed by atoms with Crippen molar-refractivity contribution >= 4 is 17.5 Å². The number of aryl methyl sites for hydroxylation is 1. The lowest BCUT2D eigenvalue weighted by Gasteiger charge is -2.19. The van der Waals surface area contributed by atoms with Crippen LogP contribution >= 0.6 is 11.8 Å². The van der Waals surface area contributed by atoms with Crippen molar-refractivity contribution in [1.82, 2.24) is 14.8 Å². The quantitative estimate of drug-likeness (QED) is 0.210. The average Bonchev–Trinajstić information content (AvgIpc) is 3.25. The third-order valence-corrected chi connectivity index (χ3v) is 6.89. The van der Waals surface area contributed by atoms with Crippen LogP contribution in [0.4, 0.5) is 0 Å². The fraction of sp³-hybridized carbons (Fsp3) is 0.276. The third-order valence-electron chi connectivity index (χ3n) is 5.93. The molecule has 0 aliphatic carbocycles. The summed E-state index contributed by atoms with van der Waals surface area (Å²) in [4.78, 5) is 12.8. The fourth-order valence-corrected chi connectivity index (χ4v) is 4.61. The van der Waals surface area contributed by atoms with E-state index in [4.69, 9.17) is 0 Å². The molecular weight excluding hydrogens is 438 g/mol. The summed E-state index contributed by atoms with van der Waals surface area (Å²) in [6.07, 6.45) is 0.964. The van der Waals surface area contributed by atoms with Crippen molar-refractivity contribution in [2.24, 2.45) is 0 Å². The number of carbonyl (C=O) groups excluding carboxylic acids is 1. The number of hydrogen-bond acceptors (Lipinski definition) is 4. The topological polar surface area (TPSA) is 47.8 Å². The maximum Gasteiger partial charge on any atom is 0.192 e. The minimum absolute atomic E-state index is 0.0902. The highest BCUT2D eigenvalue weighted by molar-refractivity contribution is 7.99. The van der Waals surface area contributed by atoms with E-state index in [0.717, 1.165) is 34.1 Å². The summed E-state index contributed by atoms with van der Waals surface area (Å²) in [6, 6.07) is 26.7. The Morgan fingerprint density at radius 2 is 1.53 bits per heavy atom. The Morgan fingerprint density at radius 1 is 0.853 bits per heavy atom. The average molecular weight is 470 g/mol. The number of rotatable bonds is 8. The van der Waals surface area contributed by atoms with Crippen molar-refractivity contribution in [3.8, 4) is 11.4 Å². The molecule has 0 amide bonds. The Kier molecular flexibility index (Phi) is 7.32. The number of Topliss-reactive ketones (excluding diaryl/α,β-unsaturated/α-hetero) is 1. The summed E-state index contributed by atoms with van der Waals surface area (Å²) in [5, 5.41) is 9.75. The highest BCUT2D eigenvalue weighted by atomic mass is 32.2. The number of aromatic nitrogens is 3. The Morgan fingerprint density at radius 3 is 2.15 bits per heavy atom. The van der Waals surface area contributed by atoms with Gasteiger partial charge in [-0.2, -0.15) is 0 Å². The number of ketones is 1. The summed E-state index contributed by atoms with van der Waals surface area (Å²) < 4.78 is 2.11. The van der Waals surface area contributed by atoms with Gasteiger partial charge in [-0.25, -0.2) is 0 Å². The standard InChI is InChI=1S/C29H31N3OS/c1-5-21-11-13-23(14-12-21)26(33)20-34-28-31-30-27(32(28)19-22-9-7-6-8-10-22)24-15-17-25(18-16-24)29(2,3)4/h6-18H,5,19-20H2,1-4H3. The molecule has 0 saturated carbocycles. The lowest BCUT2D eigenvalue weighted by molar-refractivity contribution is 0.102. The lowest BCUT2D eigenvalue weighted by Crippen LogP contribution is -2.10. The van der Waals surface area contributed by atoms with Gasteiger partial charge in [-0.1, -0.05) is 118 Å². The van der Waals surface area contributed by atoms with E-state index in [1.54, 1.807) is 0 Å². The van der Waals surface area contributed by atoms with Gasteiger partial charge in [-0.05, 0) is 28.5 Å². The zero-order chi connectivity index (χ0) is 24.1. The SMILES string of the molecule is CCc1ccc(C(=O)CSc2nnc(-c3ccc(C(C)(C)C)cc3)n2Cc2ccccc2)cc1. The van der Waals surface area contributed by atoms with E-state index in [-0.39, 0.29) is 11.2 Å². The van der Waals surface area contributed by atoms with Gasteiger partial charge in [-0.15, -0.1) is 10.2 Å². The molecule has 0 unspecified atom stereocenters. The second-order valence-electron chi connectivity index (χ2n) is 9.47. The summed E-state index contributed by atoms with van der Waals surface area (Å²) in [5.74, 6) is 1.23.